The first-order valence-corrected chi connectivity index (χ1v) is 7.25. The Balaban J connectivity index is 1.90. The molecule has 102 valence electrons. The van der Waals surface area contributed by atoms with Crippen LogP contribution in [0.5, 0.6) is 0 Å². The number of rotatable bonds is 5. The van der Waals surface area contributed by atoms with Crippen molar-refractivity contribution in [2.24, 2.45) is 4.99 Å². The van der Waals surface area contributed by atoms with Crippen molar-refractivity contribution >= 4 is 22.8 Å². The van der Waals surface area contributed by atoms with Crippen molar-refractivity contribution in [3.05, 3.63) is 35.6 Å². The van der Waals surface area contributed by atoms with Crippen molar-refractivity contribution in [3.63, 3.8) is 0 Å². The molecule has 3 nitrogen and oxygen atoms in total. The second-order valence-electron chi connectivity index (χ2n) is 4.30. The van der Waals surface area contributed by atoms with Crippen molar-refractivity contribution < 1.29 is 13.9 Å². The summed E-state index contributed by atoms with van der Waals surface area (Å²) in [6.07, 6.45) is 0.954. The van der Waals surface area contributed by atoms with Gasteiger partial charge in [-0.2, -0.15) is 0 Å². The molecular formula is C14H16FNO2S. The zero-order valence-electron chi connectivity index (χ0n) is 10.8. The van der Waals surface area contributed by atoms with Gasteiger partial charge in [0.25, 0.3) is 0 Å². The number of halogens is 1. The van der Waals surface area contributed by atoms with Crippen molar-refractivity contribution in [2.75, 3.05) is 12.4 Å². The molecule has 1 unspecified atom stereocenters. The summed E-state index contributed by atoms with van der Waals surface area (Å²) in [5, 5.41) is 0.958. The van der Waals surface area contributed by atoms with E-state index in [1.165, 1.54) is 12.1 Å². The van der Waals surface area contributed by atoms with Crippen molar-refractivity contribution in [1.29, 1.82) is 0 Å². The summed E-state index contributed by atoms with van der Waals surface area (Å²) in [4.78, 5) is 15.8. The summed E-state index contributed by atoms with van der Waals surface area (Å²) in [6, 6.07) is 6.51. The molecule has 0 saturated heterocycles. The first kappa shape index (κ1) is 14.1. The summed E-state index contributed by atoms with van der Waals surface area (Å²) < 4.78 is 18.0. The maximum atomic E-state index is 13.1. The third-order valence-corrected chi connectivity index (χ3v) is 3.86. The predicted octanol–water partition coefficient (Wildman–Crippen LogP) is 2.84. The van der Waals surface area contributed by atoms with Crippen LogP contribution < -0.4 is 0 Å². The van der Waals surface area contributed by atoms with E-state index < -0.39 is 0 Å². The van der Waals surface area contributed by atoms with Crippen LogP contribution in [0.3, 0.4) is 0 Å². The van der Waals surface area contributed by atoms with Crippen LogP contribution in [-0.4, -0.2) is 29.4 Å². The number of aliphatic imine (C=N–C) groups is 1. The lowest BCUT2D eigenvalue weighted by Gasteiger charge is -2.04. The Morgan fingerprint density at radius 3 is 3.16 bits per heavy atom. The summed E-state index contributed by atoms with van der Waals surface area (Å²) in [5.74, 6) is 0.358. The molecule has 0 bridgehead atoms. The largest absolute Gasteiger partial charge is 0.466 e. The molecule has 0 aliphatic carbocycles. The van der Waals surface area contributed by atoms with Crippen LogP contribution in [0.2, 0.25) is 0 Å². The van der Waals surface area contributed by atoms with Gasteiger partial charge >= 0.3 is 5.97 Å². The fourth-order valence-corrected chi connectivity index (χ4v) is 2.98. The summed E-state index contributed by atoms with van der Waals surface area (Å²) in [6.45, 7) is 2.19. The van der Waals surface area contributed by atoms with Gasteiger partial charge in [0.15, 0.2) is 0 Å². The van der Waals surface area contributed by atoms with Crippen LogP contribution in [0.1, 0.15) is 18.9 Å². The van der Waals surface area contributed by atoms with Crippen molar-refractivity contribution in [2.45, 2.75) is 25.8 Å². The fraction of sp³-hybridized carbons (Fsp3) is 0.429. The van der Waals surface area contributed by atoms with Gasteiger partial charge in [-0.1, -0.05) is 12.1 Å². The number of benzene rings is 1. The predicted molar refractivity (Wildman–Crippen MR) is 75.0 cm³/mol. The summed E-state index contributed by atoms with van der Waals surface area (Å²) in [5.41, 5.74) is 0.906. The average Bonchev–Trinajstić information content (AvgIpc) is 2.76. The minimum atomic E-state index is -0.232. The fourth-order valence-electron chi connectivity index (χ4n) is 1.91. The minimum Gasteiger partial charge on any atom is -0.466 e. The maximum absolute atomic E-state index is 13.1. The molecule has 1 aliphatic rings. The molecule has 1 aliphatic heterocycles. The number of hydrogen-bond donors (Lipinski definition) is 0. The smallest absolute Gasteiger partial charge is 0.307 e. The SMILES string of the molecule is CCOC(=O)CC1CSC(Cc2cccc(F)c2)=N1. The third kappa shape index (κ3) is 4.35. The molecule has 0 fully saturated rings. The number of carbonyl (C=O) groups excluding carboxylic acids is 1. The summed E-state index contributed by atoms with van der Waals surface area (Å²) >= 11 is 1.63. The average molecular weight is 281 g/mol. The van der Waals surface area contributed by atoms with Gasteiger partial charge in [-0.3, -0.25) is 9.79 Å². The van der Waals surface area contributed by atoms with E-state index in [2.05, 4.69) is 4.99 Å². The maximum Gasteiger partial charge on any atom is 0.307 e. The first-order chi connectivity index (χ1) is 9.17. The van der Waals surface area contributed by atoms with E-state index in [1.807, 2.05) is 6.07 Å². The Kier molecular flexibility index (Phi) is 4.96. The van der Waals surface area contributed by atoms with E-state index in [0.717, 1.165) is 16.4 Å². The van der Waals surface area contributed by atoms with Gasteiger partial charge < -0.3 is 4.74 Å². The zero-order chi connectivity index (χ0) is 13.7. The van der Waals surface area contributed by atoms with Gasteiger partial charge in [-0.15, -0.1) is 11.8 Å². The molecule has 5 heteroatoms. The number of carbonyl (C=O) groups is 1. The second-order valence-corrected chi connectivity index (χ2v) is 5.40. The van der Waals surface area contributed by atoms with Crippen LogP contribution in [0.15, 0.2) is 29.3 Å². The van der Waals surface area contributed by atoms with Gasteiger partial charge in [0.2, 0.25) is 0 Å². The standard InChI is InChI=1S/C14H16FNO2S/c1-2-18-14(17)8-12-9-19-13(16-12)7-10-4-3-5-11(15)6-10/h3-6,12H,2,7-9H2,1H3. The number of nitrogens with zero attached hydrogens (tertiary/aromatic N) is 1. The Bertz CT molecular complexity index is 490. The highest BCUT2D eigenvalue weighted by molar-refractivity contribution is 8.14. The lowest BCUT2D eigenvalue weighted by molar-refractivity contribution is -0.143. The van der Waals surface area contributed by atoms with Crippen LogP contribution in [0, 0.1) is 5.82 Å². The molecule has 1 atom stereocenters. The molecule has 0 radical (unpaired) electrons. The highest BCUT2D eigenvalue weighted by atomic mass is 32.2. The molecule has 1 aromatic rings. The molecule has 0 saturated carbocycles. The van der Waals surface area contributed by atoms with Gasteiger partial charge in [0.1, 0.15) is 5.82 Å². The third-order valence-electron chi connectivity index (χ3n) is 2.72. The first-order valence-electron chi connectivity index (χ1n) is 6.27. The Morgan fingerprint density at radius 2 is 2.42 bits per heavy atom. The molecule has 0 aromatic heterocycles. The highest BCUT2D eigenvalue weighted by Gasteiger charge is 2.21. The van der Waals surface area contributed by atoms with Gasteiger partial charge in [-0.25, -0.2) is 4.39 Å². The molecule has 1 heterocycles. The Labute approximate surface area is 116 Å². The number of esters is 1. The number of hydrogen-bond acceptors (Lipinski definition) is 4. The van der Waals surface area contributed by atoms with E-state index in [4.69, 9.17) is 4.74 Å². The quantitative estimate of drug-likeness (QED) is 0.779. The minimum absolute atomic E-state index is 0.00684. The van der Waals surface area contributed by atoms with E-state index in [1.54, 1.807) is 24.8 Å². The van der Waals surface area contributed by atoms with Gasteiger partial charge in [-0.05, 0) is 24.6 Å². The molecule has 0 spiro atoms. The highest BCUT2D eigenvalue weighted by Crippen LogP contribution is 2.23. The van der Waals surface area contributed by atoms with E-state index >= 15 is 0 Å². The molecular weight excluding hydrogens is 265 g/mol. The molecule has 1 aromatic carbocycles. The monoisotopic (exact) mass is 281 g/mol. The van der Waals surface area contributed by atoms with E-state index in [-0.39, 0.29) is 17.8 Å². The Morgan fingerprint density at radius 1 is 1.58 bits per heavy atom. The summed E-state index contributed by atoms with van der Waals surface area (Å²) in [7, 11) is 0. The molecule has 0 amide bonds. The van der Waals surface area contributed by atoms with Gasteiger partial charge in [0, 0.05) is 12.2 Å². The number of thioether (sulfide) groups is 1. The molecule has 19 heavy (non-hydrogen) atoms. The lowest BCUT2D eigenvalue weighted by Crippen LogP contribution is -2.14. The van der Waals surface area contributed by atoms with Crippen molar-refractivity contribution in [1.82, 2.24) is 0 Å². The molecule has 2 rings (SSSR count). The lowest BCUT2D eigenvalue weighted by atomic mass is 10.1. The Hall–Kier alpha value is -1.36. The molecule has 0 N–H and O–H groups in total. The van der Waals surface area contributed by atoms with Crippen LogP contribution in [0.4, 0.5) is 4.39 Å². The van der Waals surface area contributed by atoms with Crippen LogP contribution >= 0.6 is 11.8 Å². The van der Waals surface area contributed by atoms with Gasteiger partial charge in [0.05, 0.1) is 24.1 Å². The zero-order valence-corrected chi connectivity index (χ0v) is 11.6. The second kappa shape index (κ2) is 6.70. The van der Waals surface area contributed by atoms with Crippen LogP contribution in [0.25, 0.3) is 0 Å². The van der Waals surface area contributed by atoms with E-state index in [0.29, 0.717) is 19.4 Å². The normalized spacial score (nSPS) is 18.2. The van der Waals surface area contributed by atoms with Crippen LogP contribution in [-0.2, 0) is 16.0 Å². The van der Waals surface area contributed by atoms with Crippen molar-refractivity contribution in [3.8, 4) is 0 Å². The topological polar surface area (TPSA) is 38.7 Å². The van der Waals surface area contributed by atoms with E-state index in [9.17, 15) is 9.18 Å². The number of ether oxygens (including phenoxy) is 1.